The van der Waals surface area contributed by atoms with Gasteiger partial charge in [-0.3, -0.25) is 4.79 Å². The molecule has 0 radical (unpaired) electrons. The number of aromatic amines is 1. The first-order valence-electron chi connectivity index (χ1n) is 6.99. The van der Waals surface area contributed by atoms with Gasteiger partial charge in [0.25, 0.3) is 5.91 Å². The smallest absolute Gasteiger partial charge is 0.250 e. The number of hydrogen-bond donors (Lipinski definition) is 2. The molecular formula is C15H15BrN2O3. The average molecular weight is 351 g/mol. The predicted molar refractivity (Wildman–Crippen MR) is 81.2 cm³/mol. The molecule has 1 aromatic carbocycles. The van der Waals surface area contributed by atoms with Gasteiger partial charge in [0.15, 0.2) is 5.79 Å². The Morgan fingerprint density at radius 2 is 2.10 bits per heavy atom. The van der Waals surface area contributed by atoms with E-state index >= 15 is 0 Å². The average Bonchev–Trinajstić information content (AvgIpc) is 3.04. The third-order valence-electron chi connectivity index (χ3n) is 4.38. The highest BCUT2D eigenvalue weighted by Gasteiger charge is 2.41. The molecule has 21 heavy (non-hydrogen) atoms. The molecule has 0 bridgehead atoms. The highest BCUT2D eigenvalue weighted by Crippen LogP contribution is 2.41. The van der Waals surface area contributed by atoms with Crippen LogP contribution in [0.2, 0.25) is 0 Å². The van der Waals surface area contributed by atoms with Crippen LogP contribution in [0.1, 0.15) is 28.0 Å². The van der Waals surface area contributed by atoms with Gasteiger partial charge in [0.2, 0.25) is 0 Å². The molecule has 1 aliphatic carbocycles. The monoisotopic (exact) mass is 350 g/mol. The van der Waals surface area contributed by atoms with Crippen molar-refractivity contribution in [1.82, 2.24) is 4.98 Å². The van der Waals surface area contributed by atoms with E-state index in [1.165, 1.54) is 0 Å². The Morgan fingerprint density at radius 3 is 2.81 bits per heavy atom. The van der Waals surface area contributed by atoms with E-state index in [1.807, 2.05) is 6.07 Å². The highest BCUT2D eigenvalue weighted by molar-refractivity contribution is 9.10. The fraction of sp³-hybridized carbons (Fsp3) is 0.400. The van der Waals surface area contributed by atoms with E-state index in [1.54, 1.807) is 6.07 Å². The molecule has 1 spiro atoms. The normalized spacial score (nSPS) is 20.0. The van der Waals surface area contributed by atoms with Gasteiger partial charge in [0.05, 0.1) is 24.3 Å². The zero-order valence-corrected chi connectivity index (χ0v) is 13.0. The number of carbonyl (C=O) groups is 1. The number of hydrogen-bond acceptors (Lipinski definition) is 3. The number of nitrogens with two attached hydrogens (primary N) is 1. The first-order chi connectivity index (χ1) is 10.1. The second-order valence-corrected chi connectivity index (χ2v) is 6.43. The van der Waals surface area contributed by atoms with Crippen molar-refractivity contribution in [3.8, 4) is 0 Å². The largest absolute Gasteiger partial charge is 0.366 e. The van der Waals surface area contributed by atoms with Crippen LogP contribution >= 0.6 is 15.9 Å². The Kier molecular flexibility index (Phi) is 2.89. The van der Waals surface area contributed by atoms with Crippen LogP contribution in [0.15, 0.2) is 16.6 Å². The Labute approximate surface area is 129 Å². The summed E-state index contributed by atoms with van der Waals surface area (Å²) in [4.78, 5) is 15.0. The van der Waals surface area contributed by atoms with Gasteiger partial charge in [-0.1, -0.05) is 15.9 Å². The van der Waals surface area contributed by atoms with Crippen LogP contribution in [0.25, 0.3) is 10.9 Å². The van der Waals surface area contributed by atoms with E-state index in [4.69, 9.17) is 15.2 Å². The molecule has 1 fully saturated rings. The molecule has 1 aromatic heterocycles. The minimum Gasteiger partial charge on any atom is -0.366 e. The summed E-state index contributed by atoms with van der Waals surface area (Å²) in [6.07, 6.45) is 2.37. The summed E-state index contributed by atoms with van der Waals surface area (Å²) in [5, 5.41) is 1.01. The second-order valence-electron chi connectivity index (χ2n) is 5.58. The summed E-state index contributed by atoms with van der Waals surface area (Å²) >= 11 is 3.58. The molecule has 6 heteroatoms. The summed E-state index contributed by atoms with van der Waals surface area (Å²) in [6.45, 7) is 1.29. The van der Waals surface area contributed by atoms with Crippen LogP contribution < -0.4 is 5.73 Å². The molecule has 5 nitrogen and oxygen atoms in total. The molecule has 4 rings (SSSR count). The fourth-order valence-electron chi connectivity index (χ4n) is 3.41. The number of fused-ring (bicyclic) bond motifs is 3. The lowest BCUT2D eigenvalue weighted by atomic mass is 9.90. The van der Waals surface area contributed by atoms with Gasteiger partial charge < -0.3 is 20.2 Å². The van der Waals surface area contributed by atoms with Gasteiger partial charge in [0, 0.05) is 28.4 Å². The highest BCUT2D eigenvalue weighted by atomic mass is 79.9. The molecule has 0 atom stereocenters. The third kappa shape index (κ3) is 1.93. The number of rotatable bonds is 1. The molecule has 3 N–H and O–H groups in total. The maximum atomic E-state index is 11.6. The van der Waals surface area contributed by atoms with Crippen molar-refractivity contribution in [3.05, 3.63) is 33.4 Å². The van der Waals surface area contributed by atoms with E-state index in [9.17, 15) is 4.79 Å². The Morgan fingerprint density at radius 1 is 1.33 bits per heavy atom. The minimum atomic E-state index is -0.496. The lowest BCUT2D eigenvalue weighted by molar-refractivity contribution is -0.163. The van der Waals surface area contributed by atoms with Crippen molar-refractivity contribution in [2.45, 2.75) is 25.0 Å². The number of H-pyrrole nitrogens is 1. The summed E-state index contributed by atoms with van der Waals surface area (Å²) < 4.78 is 12.6. The standard InChI is InChI=1S/C15H15BrN2O3/c16-10-2-1-8(14(17)19)13-12(10)9-7-15(20-5-6-21-15)4-3-11(9)18-13/h1-2,18H,3-7H2,(H2,17,19). The summed E-state index contributed by atoms with van der Waals surface area (Å²) in [5.74, 6) is -0.918. The SMILES string of the molecule is NC(=O)c1ccc(Br)c2c3c([nH]c12)CCC1(C3)OCCO1. The fourth-order valence-corrected chi connectivity index (χ4v) is 3.98. The van der Waals surface area contributed by atoms with Gasteiger partial charge in [-0.2, -0.15) is 0 Å². The van der Waals surface area contributed by atoms with Crippen molar-refractivity contribution in [1.29, 1.82) is 0 Å². The predicted octanol–water partition coefficient (Wildman–Crippen LogP) is 2.26. The molecule has 2 aromatic rings. The van der Waals surface area contributed by atoms with E-state index in [0.717, 1.165) is 39.5 Å². The van der Waals surface area contributed by atoms with Crippen molar-refractivity contribution < 1.29 is 14.3 Å². The molecule has 2 aliphatic rings. The Bertz CT molecular complexity index is 747. The molecule has 0 unspecified atom stereocenters. The van der Waals surface area contributed by atoms with Gasteiger partial charge in [-0.25, -0.2) is 0 Å². The molecule has 1 amide bonds. The quantitative estimate of drug-likeness (QED) is 0.827. The molecule has 0 saturated carbocycles. The number of nitrogens with one attached hydrogen (secondary N) is 1. The van der Waals surface area contributed by atoms with Crippen LogP contribution in [-0.4, -0.2) is 29.9 Å². The maximum Gasteiger partial charge on any atom is 0.250 e. The molecule has 110 valence electrons. The van der Waals surface area contributed by atoms with Crippen molar-refractivity contribution in [2.24, 2.45) is 5.73 Å². The van der Waals surface area contributed by atoms with Gasteiger partial charge in [-0.15, -0.1) is 0 Å². The Balaban J connectivity index is 1.92. The van der Waals surface area contributed by atoms with E-state index in [2.05, 4.69) is 20.9 Å². The number of halogens is 1. The van der Waals surface area contributed by atoms with E-state index in [-0.39, 0.29) is 0 Å². The van der Waals surface area contributed by atoms with Gasteiger partial charge in [-0.05, 0) is 24.1 Å². The van der Waals surface area contributed by atoms with Crippen LogP contribution in [0.3, 0.4) is 0 Å². The zero-order valence-electron chi connectivity index (χ0n) is 11.4. The van der Waals surface area contributed by atoms with Crippen molar-refractivity contribution in [2.75, 3.05) is 13.2 Å². The van der Waals surface area contributed by atoms with E-state index < -0.39 is 11.7 Å². The molecule has 2 heterocycles. The molecular weight excluding hydrogens is 336 g/mol. The van der Waals surface area contributed by atoms with Crippen LogP contribution in [0.4, 0.5) is 0 Å². The second kappa shape index (κ2) is 4.56. The van der Waals surface area contributed by atoms with Crippen LogP contribution in [0, 0.1) is 0 Å². The first kappa shape index (κ1) is 13.3. The topological polar surface area (TPSA) is 77.3 Å². The Hall–Kier alpha value is -1.37. The number of amides is 1. The number of primary amides is 1. The summed E-state index contributed by atoms with van der Waals surface area (Å²) in [6, 6.07) is 3.61. The minimum absolute atomic E-state index is 0.422. The number of aromatic nitrogens is 1. The molecule has 1 saturated heterocycles. The zero-order chi connectivity index (χ0) is 14.6. The number of carbonyl (C=O) groups excluding carboxylic acids is 1. The van der Waals surface area contributed by atoms with Crippen LogP contribution in [0.5, 0.6) is 0 Å². The summed E-state index contributed by atoms with van der Waals surface area (Å²) in [5.41, 5.74) is 9.10. The maximum absolute atomic E-state index is 11.6. The summed E-state index contributed by atoms with van der Waals surface area (Å²) in [7, 11) is 0. The van der Waals surface area contributed by atoms with Crippen molar-refractivity contribution in [3.63, 3.8) is 0 Å². The van der Waals surface area contributed by atoms with Gasteiger partial charge in [0.1, 0.15) is 0 Å². The number of ether oxygens (including phenoxy) is 2. The van der Waals surface area contributed by atoms with Crippen LogP contribution in [-0.2, 0) is 22.3 Å². The van der Waals surface area contributed by atoms with Gasteiger partial charge >= 0.3 is 0 Å². The lowest BCUT2D eigenvalue weighted by Crippen LogP contribution is -2.36. The molecule has 1 aliphatic heterocycles. The number of benzene rings is 1. The first-order valence-corrected chi connectivity index (χ1v) is 7.79. The third-order valence-corrected chi connectivity index (χ3v) is 5.04. The number of aryl methyl sites for hydroxylation is 1. The van der Waals surface area contributed by atoms with E-state index in [0.29, 0.717) is 25.2 Å². The van der Waals surface area contributed by atoms with Crippen molar-refractivity contribution >= 4 is 32.7 Å². The lowest BCUT2D eigenvalue weighted by Gasteiger charge is -2.31.